The van der Waals surface area contributed by atoms with E-state index in [9.17, 15) is 9.59 Å². The van der Waals surface area contributed by atoms with Gasteiger partial charge in [0.2, 0.25) is 11.8 Å². The normalized spacial score (nSPS) is 15.4. The number of hydrogen-bond donors (Lipinski definition) is 2. The van der Waals surface area contributed by atoms with E-state index >= 15 is 0 Å². The van der Waals surface area contributed by atoms with Crippen molar-refractivity contribution < 1.29 is 14.3 Å². The first-order valence-corrected chi connectivity index (χ1v) is 5.54. The molecule has 0 unspecified atom stereocenters. The zero-order valence-electron chi connectivity index (χ0n) is 9.41. The van der Waals surface area contributed by atoms with E-state index in [1.807, 2.05) is 4.90 Å². The molecule has 0 aliphatic carbocycles. The van der Waals surface area contributed by atoms with E-state index in [2.05, 4.69) is 5.32 Å². The third kappa shape index (κ3) is 5.09. The molecule has 16 heavy (non-hydrogen) atoms. The summed E-state index contributed by atoms with van der Waals surface area (Å²) in [6, 6.07) is 0. The van der Waals surface area contributed by atoms with Crippen LogP contribution in [0.1, 0.15) is 12.8 Å². The molecule has 1 rings (SSSR count). The molecule has 6 heteroatoms. The van der Waals surface area contributed by atoms with Gasteiger partial charge in [0, 0.05) is 19.6 Å². The van der Waals surface area contributed by atoms with Crippen molar-refractivity contribution >= 4 is 11.8 Å². The summed E-state index contributed by atoms with van der Waals surface area (Å²) in [6.45, 7) is 2.95. The molecule has 1 heterocycles. The number of nitrogens with one attached hydrogen (secondary N) is 1. The van der Waals surface area contributed by atoms with E-state index in [1.54, 1.807) is 0 Å². The van der Waals surface area contributed by atoms with Crippen LogP contribution in [0.5, 0.6) is 0 Å². The molecular formula is C10H19N3O3. The van der Waals surface area contributed by atoms with Gasteiger partial charge in [0.05, 0.1) is 13.2 Å². The Labute approximate surface area is 95.1 Å². The fourth-order valence-corrected chi connectivity index (χ4v) is 1.59. The zero-order chi connectivity index (χ0) is 11.8. The average Bonchev–Trinajstić information content (AvgIpc) is 2.75. The third-order valence-corrected chi connectivity index (χ3v) is 2.40. The van der Waals surface area contributed by atoms with Crippen molar-refractivity contribution in [1.29, 1.82) is 0 Å². The van der Waals surface area contributed by atoms with Crippen LogP contribution in [0.25, 0.3) is 0 Å². The molecule has 92 valence electrons. The highest BCUT2D eigenvalue weighted by Gasteiger charge is 2.16. The minimum Gasteiger partial charge on any atom is -0.370 e. The van der Waals surface area contributed by atoms with E-state index in [-0.39, 0.29) is 12.5 Å². The average molecular weight is 229 g/mol. The van der Waals surface area contributed by atoms with Gasteiger partial charge in [0.1, 0.15) is 6.61 Å². The lowest BCUT2D eigenvalue weighted by molar-refractivity contribution is -0.129. The van der Waals surface area contributed by atoms with Crippen LogP contribution in [0, 0.1) is 0 Å². The van der Waals surface area contributed by atoms with Crippen molar-refractivity contribution in [1.82, 2.24) is 10.2 Å². The number of likely N-dealkylation sites (tertiary alicyclic amines) is 1. The van der Waals surface area contributed by atoms with Crippen LogP contribution in [0.2, 0.25) is 0 Å². The SMILES string of the molecule is NC(=O)COCCNCC(=O)N1CCCC1. The van der Waals surface area contributed by atoms with Crippen molar-refractivity contribution in [2.45, 2.75) is 12.8 Å². The number of primary amides is 1. The molecule has 0 spiro atoms. The molecule has 1 fully saturated rings. The highest BCUT2D eigenvalue weighted by atomic mass is 16.5. The van der Waals surface area contributed by atoms with Gasteiger partial charge in [0.25, 0.3) is 0 Å². The van der Waals surface area contributed by atoms with Crippen LogP contribution < -0.4 is 11.1 Å². The zero-order valence-corrected chi connectivity index (χ0v) is 9.41. The smallest absolute Gasteiger partial charge is 0.243 e. The number of ether oxygens (including phenoxy) is 1. The van der Waals surface area contributed by atoms with E-state index in [4.69, 9.17) is 10.5 Å². The van der Waals surface area contributed by atoms with Gasteiger partial charge in [0.15, 0.2) is 0 Å². The molecule has 0 aromatic carbocycles. The van der Waals surface area contributed by atoms with Crippen LogP contribution in [0.3, 0.4) is 0 Å². The van der Waals surface area contributed by atoms with Crippen LogP contribution in [0.15, 0.2) is 0 Å². The number of carbonyl (C=O) groups excluding carboxylic acids is 2. The highest BCUT2D eigenvalue weighted by molar-refractivity contribution is 5.78. The summed E-state index contributed by atoms with van der Waals surface area (Å²) in [6.07, 6.45) is 2.21. The largest absolute Gasteiger partial charge is 0.370 e. The number of nitrogens with two attached hydrogens (primary N) is 1. The molecule has 3 N–H and O–H groups in total. The number of rotatable bonds is 7. The van der Waals surface area contributed by atoms with Gasteiger partial charge in [-0.15, -0.1) is 0 Å². The molecule has 2 amide bonds. The third-order valence-electron chi connectivity index (χ3n) is 2.40. The van der Waals surface area contributed by atoms with Crippen LogP contribution in [0.4, 0.5) is 0 Å². The van der Waals surface area contributed by atoms with E-state index < -0.39 is 5.91 Å². The van der Waals surface area contributed by atoms with Crippen LogP contribution in [-0.4, -0.2) is 56.1 Å². The van der Waals surface area contributed by atoms with Gasteiger partial charge in [-0.05, 0) is 12.8 Å². The molecule has 0 bridgehead atoms. The Morgan fingerprint density at radius 1 is 1.31 bits per heavy atom. The van der Waals surface area contributed by atoms with E-state index in [1.165, 1.54) is 0 Å². The summed E-state index contributed by atoms with van der Waals surface area (Å²) < 4.78 is 4.94. The fraction of sp³-hybridized carbons (Fsp3) is 0.800. The first-order chi connectivity index (χ1) is 7.70. The summed E-state index contributed by atoms with van der Waals surface area (Å²) in [5.74, 6) is -0.347. The summed E-state index contributed by atoms with van der Waals surface area (Å²) in [7, 11) is 0. The van der Waals surface area contributed by atoms with Crippen LogP contribution in [-0.2, 0) is 14.3 Å². The second kappa shape index (κ2) is 7.19. The maximum atomic E-state index is 11.5. The van der Waals surface area contributed by atoms with Crippen molar-refractivity contribution in [3.8, 4) is 0 Å². The van der Waals surface area contributed by atoms with Gasteiger partial charge in [-0.25, -0.2) is 0 Å². The summed E-state index contributed by atoms with van der Waals surface area (Å²) in [5.41, 5.74) is 4.89. The summed E-state index contributed by atoms with van der Waals surface area (Å²) in [5, 5.41) is 2.97. The predicted molar refractivity (Wildman–Crippen MR) is 58.7 cm³/mol. The molecule has 0 radical (unpaired) electrons. The Hall–Kier alpha value is -1.14. The molecule has 0 aromatic rings. The first kappa shape index (κ1) is 12.9. The standard InChI is InChI=1S/C10H19N3O3/c11-9(14)8-16-6-3-12-7-10(15)13-4-1-2-5-13/h12H,1-8H2,(H2,11,14). The van der Waals surface area contributed by atoms with Crippen LogP contribution >= 0.6 is 0 Å². The topological polar surface area (TPSA) is 84.7 Å². The Morgan fingerprint density at radius 3 is 2.62 bits per heavy atom. The maximum absolute atomic E-state index is 11.5. The van der Waals surface area contributed by atoms with Crippen molar-refractivity contribution in [3.63, 3.8) is 0 Å². The quantitative estimate of drug-likeness (QED) is 0.531. The molecule has 0 aromatic heterocycles. The molecule has 1 aliphatic heterocycles. The monoisotopic (exact) mass is 229 g/mol. The van der Waals surface area contributed by atoms with Gasteiger partial charge >= 0.3 is 0 Å². The minimum absolute atomic E-state index is 0.0677. The van der Waals surface area contributed by atoms with Crippen molar-refractivity contribution in [2.75, 3.05) is 39.4 Å². The van der Waals surface area contributed by atoms with Crippen molar-refractivity contribution in [2.24, 2.45) is 5.73 Å². The predicted octanol–water partition coefficient (Wildman–Crippen LogP) is -1.30. The summed E-state index contributed by atoms with van der Waals surface area (Å²) in [4.78, 5) is 23.7. The molecule has 6 nitrogen and oxygen atoms in total. The highest BCUT2D eigenvalue weighted by Crippen LogP contribution is 2.06. The molecule has 1 saturated heterocycles. The first-order valence-electron chi connectivity index (χ1n) is 5.54. The number of amides is 2. The fourth-order valence-electron chi connectivity index (χ4n) is 1.59. The number of hydrogen-bond acceptors (Lipinski definition) is 4. The lowest BCUT2D eigenvalue weighted by atomic mass is 10.4. The van der Waals surface area contributed by atoms with E-state index in [0.717, 1.165) is 25.9 Å². The Kier molecular flexibility index (Phi) is 5.81. The minimum atomic E-state index is -0.479. The van der Waals surface area contributed by atoms with Gasteiger partial charge in [-0.1, -0.05) is 0 Å². The molecule has 0 saturated carbocycles. The number of nitrogens with zero attached hydrogens (tertiary/aromatic N) is 1. The summed E-state index contributed by atoms with van der Waals surface area (Å²) >= 11 is 0. The molecule has 0 atom stereocenters. The molecule has 1 aliphatic rings. The maximum Gasteiger partial charge on any atom is 0.243 e. The Balaban J connectivity index is 1.94. The Bertz CT molecular complexity index is 239. The molecular weight excluding hydrogens is 210 g/mol. The lowest BCUT2D eigenvalue weighted by Gasteiger charge is -2.15. The van der Waals surface area contributed by atoms with Gasteiger partial charge in [-0.3, -0.25) is 9.59 Å². The lowest BCUT2D eigenvalue weighted by Crippen LogP contribution is -2.37. The van der Waals surface area contributed by atoms with Gasteiger partial charge < -0.3 is 20.7 Å². The van der Waals surface area contributed by atoms with Gasteiger partial charge in [-0.2, -0.15) is 0 Å². The van der Waals surface area contributed by atoms with E-state index in [0.29, 0.717) is 19.7 Å². The Morgan fingerprint density at radius 2 is 2.00 bits per heavy atom. The second-order valence-electron chi connectivity index (χ2n) is 3.78. The van der Waals surface area contributed by atoms with Crippen molar-refractivity contribution in [3.05, 3.63) is 0 Å². The second-order valence-corrected chi connectivity index (χ2v) is 3.78. The number of carbonyl (C=O) groups is 2.